The van der Waals surface area contributed by atoms with Crippen molar-refractivity contribution in [1.29, 1.82) is 0 Å². The molecule has 0 fully saturated rings. The van der Waals surface area contributed by atoms with Gasteiger partial charge in [0.15, 0.2) is 5.82 Å². The van der Waals surface area contributed by atoms with Crippen LogP contribution in [0.15, 0.2) is 48.9 Å². The van der Waals surface area contributed by atoms with E-state index >= 15 is 0 Å². The van der Waals surface area contributed by atoms with E-state index in [0.29, 0.717) is 34.6 Å². The van der Waals surface area contributed by atoms with Gasteiger partial charge in [-0.15, -0.1) is 0 Å². The first-order valence-corrected chi connectivity index (χ1v) is 9.26. The minimum Gasteiger partial charge on any atom is -0.309 e. The van der Waals surface area contributed by atoms with Crippen molar-refractivity contribution < 1.29 is 4.79 Å². The van der Waals surface area contributed by atoms with Crippen LogP contribution in [0.1, 0.15) is 28.4 Å². The normalized spacial score (nSPS) is 13.5. The smallest absolute Gasteiger partial charge is 0.261 e. The number of pyridine rings is 3. The summed E-state index contributed by atoms with van der Waals surface area (Å²) in [4.78, 5) is 29.7. The number of amides is 1. The topological polar surface area (TPSA) is 62.2 Å². The second-order valence-corrected chi connectivity index (χ2v) is 6.73. The van der Waals surface area contributed by atoms with Crippen LogP contribution in [0.4, 0.5) is 17.3 Å². The maximum atomic E-state index is 13.1. The fraction of sp³-hybridized carbons (Fsp3) is 0.143. The number of anilines is 3. The van der Waals surface area contributed by atoms with Gasteiger partial charge in [-0.2, -0.15) is 0 Å². The van der Waals surface area contributed by atoms with Gasteiger partial charge >= 0.3 is 0 Å². The molecule has 1 aliphatic heterocycles. The molecule has 0 N–H and O–H groups in total. The predicted octanol–water partition coefficient (Wildman–Crippen LogP) is 4.44. The molecule has 0 spiro atoms. The minimum absolute atomic E-state index is 0.136. The molecule has 28 heavy (non-hydrogen) atoms. The van der Waals surface area contributed by atoms with Crippen molar-refractivity contribution in [3.63, 3.8) is 0 Å². The Labute approximate surface area is 168 Å². The average Bonchev–Trinajstić information content (AvgIpc) is 2.80. The molecule has 0 unspecified atom stereocenters. The van der Waals surface area contributed by atoms with E-state index in [9.17, 15) is 4.79 Å². The van der Waals surface area contributed by atoms with Crippen LogP contribution in [0.2, 0.25) is 5.15 Å². The Balaban J connectivity index is 1.80. The summed E-state index contributed by atoms with van der Waals surface area (Å²) in [6.45, 7) is 2.60. The fourth-order valence-electron chi connectivity index (χ4n) is 3.17. The summed E-state index contributed by atoms with van der Waals surface area (Å²) in [5, 5.41) is 0.374. The summed E-state index contributed by atoms with van der Waals surface area (Å²) >= 11 is 6.11. The standard InChI is InChI=1S/C21H18ClN5O/c1-3-27-19-16(21(28)26(2)17-6-7-18(22)25-20(17)27)12-15(13-24-19)5-4-14-8-10-23-11-9-14/h4-13H,3H2,1-2H3/b5-4+. The summed E-state index contributed by atoms with van der Waals surface area (Å²) in [6, 6.07) is 9.18. The SMILES string of the molecule is CCN1c2ncc(/C=C/c3ccncc3)cc2C(=O)N(C)c2ccc(Cl)nc21. The van der Waals surface area contributed by atoms with E-state index < -0.39 is 0 Å². The van der Waals surface area contributed by atoms with Crippen LogP contribution in [0.25, 0.3) is 12.2 Å². The van der Waals surface area contributed by atoms with Crippen LogP contribution in [0.5, 0.6) is 0 Å². The van der Waals surface area contributed by atoms with Gasteiger partial charge in [-0.1, -0.05) is 23.8 Å². The predicted molar refractivity (Wildman–Crippen MR) is 112 cm³/mol. The zero-order valence-corrected chi connectivity index (χ0v) is 16.3. The summed E-state index contributed by atoms with van der Waals surface area (Å²) in [7, 11) is 1.74. The van der Waals surface area contributed by atoms with E-state index in [0.717, 1.165) is 11.1 Å². The average molecular weight is 392 g/mol. The number of rotatable bonds is 3. The Morgan fingerprint density at radius 1 is 1.07 bits per heavy atom. The molecule has 140 valence electrons. The molecule has 3 aromatic rings. The molecular formula is C21H18ClN5O. The number of hydrogen-bond donors (Lipinski definition) is 0. The number of nitrogens with zero attached hydrogens (tertiary/aromatic N) is 5. The van der Waals surface area contributed by atoms with Gasteiger partial charge in [0.25, 0.3) is 5.91 Å². The van der Waals surface area contributed by atoms with Crippen LogP contribution in [0.3, 0.4) is 0 Å². The van der Waals surface area contributed by atoms with Crippen molar-refractivity contribution in [2.75, 3.05) is 23.4 Å². The highest BCUT2D eigenvalue weighted by molar-refractivity contribution is 6.29. The summed E-state index contributed by atoms with van der Waals surface area (Å²) in [6.07, 6.45) is 9.12. The van der Waals surface area contributed by atoms with Gasteiger partial charge in [-0.05, 0) is 48.4 Å². The summed E-state index contributed by atoms with van der Waals surface area (Å²) < 4.78 is 0. The lowest BCUT2D eigenvalue weighted by molar-refractivity contribution is 0.0994. The van der Waals surface area contributed by atoms with E-state index in [4.69, 9.17) is 11.6 Å². The second kappa shape index (κ2) is 7.40. The van der Waals surface area contributed by atoms with Crippen molar-refractivity contribution in [2.24, 2.45) is 0 Å². The Bertz CT molecular complexity index is 1070. The van der Waals surface area contributed by atoms with Crippen LogP contribution in [-0.2, 0) is 0 Å². The first-order valence-electron chi connectivity index (χ1n) is 8.88. The first kappa shape index (κ1) is 18.1. The molecule has 0 radical (unpaired) electrons. The summed E-state index contributed by atoms with van der Waals surface area (Å²) in [5.41, 5.74) is 3.08. The molecular weight excluding hydrogens is 374 g/mol. The lowest BCUT2D eigenvalue weighted by Crippen LogP contribution is -2.25. The third-order valence-electron chi connectivity index (χ3n) is 4.61. The van der Waals surface area contributed by atoms with Gasteiger partial charge in [-0.25, -0.2) is 9.97 Å². The van der Waals surface area contributed by atoms with Gasteiger partial charge in [0.05, 0.1) is 11.3 Å². The zero-order chi connectivity index (χ0) is 19.7. The molecule has 1 amide bonds. The number of aromatic nitrogens is 3. The van der Waals surface area contributed by atoms with Crippen molar-refractivity contribution in [1.82, 2.24) is 15.0 Å². The monoisotopic (exact) mass is 391 g/mol. The first-order chi connectivity index (χ1) is 13.6. The van der Waals surface area contributed by atoms with Gasteiger partial charge in [-0.3, -0.25) is 9.78 Å². The van der Waals surface area contributed by atoms with Crippen LogP contribution >= 0.6 is 11.6 Å². The highest BCUT2D eigenvalue weighted by Crippen LogP contribution is 2.38. The zero-order valence-electron chi connectivity index (χ0n) is 15.5. The van der Waals surface area contributed by atoms with E-state index in [1.54, 1.807) is 42.7 Å². The van der Waals surface area contributed by atoms with Gasteiger partial charge in [0, 0.05) is 32.2 Å². The second-order valence-electron chi connectivity index (χ2n) is 6.34. The highest BCUT2D eigenvalue weighted by atomic mass is 35.5. The molecule has 0 saturated heterocycles. The van der Waals surface area contributed by atoms with E-state index in [1.165, 1.54) is 0 Å². The van der Waals surface area contributed by atoms with Crippen molar-refractivity contribution in [2.45, 2.75) is 6.92 Å². The maximum absolute atomic E-state index is 13.1. The number of carbonyl (C=O) groups is 1. The summed E-state index contributed by atoms with van der Waals surface area (Å²) in [5.74, 6) is 1.06. The van der Waals surface area contributed by atoms with Gasteiger partial charge in [0.1, 0.15) is 11.0 Å². The third-order valence-corrected chi connectivity index (χ3v) is 4.82. The maximum Gasteiger partial charge on any atom is 0.261 e. The molecule has 3 aromatic heterocycles. The van der Waals surface area contributed by atoms with Crippen molar-refractivity contribution >= 4 is 47.0 Å². The Morgan fingerprint density at radius 2 is 1.82 bits per heavy atom. The minimum atomic E-state index is -0.136. The molecule has 4 heterocycles. The number of fused-ring (bicyclic) bond motifs is 2. The van der Waals surface area contributed by atoms with E-state index in [2.05, 4.69) is 15.0 Å². The van der Waals surface area contributed by atoms with E-state index in [1.807, 2.05) is 42.2 Å². The van der Waals surface area contributed by atoms with Crippen molar-refractivity contribution in [3.05, 3.63) is 70.8 Å². The molecule has 6 nitrogen and oxygen atoms in total. The molecule has 0 aromatic carbocycles. The Hall–Kier alpha value is -3.25. The van der Waals surface area contributed by atoms with E-state index in [-0.39, 0.29) is 5.91 Å². The van der Waals surface area contributed by atoms with Crippen LogP contribution < -0.4 is 9.80 Å². The van der Waals surface area contributed by atoms with Gasteiger partial charge in [0.2, 0.25) is 0 Å². The number of carbonyl (C=O) groups excluding carboxylic acids is 1. The lowest BCUT2D eigenvalue weighted by atomic mass is 10.1. The van der Waals surface area contributed by atoms with Crippen LogP contribution in [0, 0.1) is 0 Å². The number of hydrogen-bond acceptors (Lipinski definition) is 5. The molecule has 0 bridgehead atoms. The number of halogens is 1. The Kier molecular flexibility index (Phi) is 4.79. The molecule has 7 heteroatoms. The fourth-order valence-corrected chi connectivity index (χ4v) is 3.32. The third kappa shape index (κ3) is 3.23. The molecule has 4 rings (SSSR count). The molecule has 0 saturated carbocycles. The largest absolute Gasteiger partial charge is 0.309 e. The molecule has 0 aliphatic carbocycles. The van der Waals surface area contributed by atoms with Gasteiger partial charge < -0.3 is 9.80 Å². The lowest BCUT2D eigenvalue weighted by Gasteiger charge is -2.22. The van der Waals surface area contributed by atoms with Crippen LogP contribution in [-0.4, -0.2) is 34.5 Å². The molecule has 0 atom stereocenters. The highest BCUT2D eigenvalue weighted by Gasteiger charge is 2.30. The quantitative estimate of drug-likeness (QED) is 0.617. The Morgan fingerprint density at radius 3 is 2.57 bits per heavy atom. The molecule has 1 aliphatic rings. The van der Waals surface area contributed by atoms with Crippen molar-refractivity contribution in [3.8, 4) is 0 Å².